The van der Waals surface area contributed by atoms with Gasteiger partial charge >= 0.3 is 0 Å². The summed E-state index contributed by atoms with van der Waals surface area (Å²) < 4.78 is 47.7. The molecule has 0 bridgehead atoms. The second-order valence-corrected chi connectivity index (χ2v) is 6.58. The van der Waals surface area contributed by atoms with E-state index in [9.17, 15) is 4.79 Å². The van der Waals surface area contributed by atoms with Crippen molar-refractivity contribution >= 4 is 11.9 Å². The Morgan fingerprint density at radius 2 is 1.24 bits per heavy atom. The van der Waals surface area contributed by atoms with Crippen LogP contribution in [-0.4, -0.2) is 68.5 Å². The molecule has 0 aliphatic carbocycles. The Balaban J connectivity index is 2.39. The molecular formula is C24H30O10. The highest BCUT2D eigenvalue weighted by Gasteiger charge is 2.19. The third-order valence-corrected chi connectivity index (χ3v) is 4.25. The quantitative estimate of drug-likeness (QED) is 0.202. The van der Waals surface area contributed by atoms with Crippen LogP contribution >= 0.6 is 0 Å². The number of benzene rings is 2. The van der Waals surface area contributed by atoms with E-state index < -0.39 is 0 Å². The van der Waals surface area contributed by atoms with E-state index in [2.05, 4.69) is 0 Å². The number of rotatable bonds is 16. The second kappa shape index (κ2) is 14.8. The third-order valence-electron chi connectivity index (χ3n) is 4.25. The highest BCUT2D eigenvalue weighted by atomic mass is 16.7. The van der Waals surface area contributed by atoms with Crippen LogP contribution in [0.3, 0.4) is 0 Å². The summed E-state index contributed by atoms with van der Waals surface area (Å²) in [4.78, 5) is 13.0. The first-order valence-electron chi connectivity index (χ1n) is 10.1. The molecule has 0 atom stereocenters. The number of carbonyl (C=O) groups is 1. The molecule has 0 amide bonds. The molecule has 0 saturated heterocycles. The highest BCUT2D eigenvalue weighted by molar-refractivity contribution is 6.07. The van der Waals surface area contributed by atoms with E-state index in [0.717, 1.165) is 0 Å². The second-order valence-electron chi connectivity index (χ2n) is 6.58. The van der Waals surface area contributed by atoms with Crippen molar-refractivity contribution in [2.75, 3.05) is 62.7 Å². The molecule has 2 aromatic rings. The molecule has 10 nitrogen and oxygen atoms in total. The summed E-state index contributed by atoms with van der Waals surface area (Å²) in [7, 11) is 7.49. The summed E-state index contributed by atoms with van der Waals surface area (Å²) in [6, 6.07) is 8.39. The Morgan fingerprint density at radius 1 is 0.706 bits per heavy atom. The molecule has 0 unspecified atom stereocenters. The molecule has 0 spiro atoms. The van der Waals surface area contributed by atoms with E-state index in [1.807, 2.05) is 0 Å². The number of hydrogen-bond donors (Lipinski definition) is 0. The maximum Gasteiger partial charge on any atom is 0.206 e. The first kappa shape index (κ1) is 26.9. The molecule has 10 heteroatoms. The van der Waals surface area contributed by atoms with Gasteiger partial charge in [-0.25, -0.2) is 0 Å². The molecular weight excluding hydrogens is 448 g/mol. The van der Waals surface area contributed by atoms with E-state index in [0.29, 0.717) is 22.6 Å². The summed E-state index contributed by atoms with van der Waals surface area (Å²) in [5.74, 6) is 1.40. The Morgan fingerprint density at radius 3 is 1.76 bits per heavy atom. The number of hydrogen-bond acceptors (Lipinski definition) is 10. The Kier molecular flexibility index (Phi) is 11.7. The highest BCUT2D eigenvalue weighted by Crippen LogP contribution is 2.39. The molecule has 0 saturated carbocycles. The molecule has 2 aromatic carbocycles. The lowest BCUT2D eigenvalue weighted by atomic mass is 10.1. The fraction of sp³-hybridized carbons (Fsp3) is 0.375. The van der Waals surface area contributed by atoms with Crippen LogP contribution in [0.4, 0.5) is 0 Å². The van der Waals surface area contributed by atoms with Crippen LogP contribution < -0.4 is 23.7 Å². The molecule has 0 aliphatic rings. The molecule has 0 heterocycles. The monoisotopic (exact) mass is 478 g/mol. The van der Waals surface area contributed by atoms with E-state index in [4.69, 9.17) is 42.6 Å². The Bertz CT molecular complexity index is 912. The van der Waals surface area contributed by atoms with Gasteiger partial charge in [0.2, 0.25) is 5.75 Å². The first-order valence-corrected chi connectivity index (χ1v) is 10.1. The average molecular weight is 478 g/mol. The van der Waals surface area contributed by atoms with E-state index >= 15 is 0 Å². The predicted octanol–water partition coefficient (Wildman–Crippen LogP) is 3.52. The van der Waals surface area contributed by atoms with Gasteiger partial charge in [-0.15, -0.1) is 0 Å². The third kappa shape index (κ3) is 7.63. The number of ether oxygens (including phenoxy) is 9. The molecule has 0 N–H and O–H groups in total. The largest absolute Gasteiger partial charge is 0.492 e. The zero-order chi connectivity index (χ0) is 24.8. The van der Waals surface area contributed by atoms with Gasteiger partial charge < -0.3 is 42.6 Å². The zero-order valence-electron chi connectivity index (χ0n) is 20.0. The van der Waals surface area contributed by atoms with Crippen molar-refractivity contribution in [3.05, 3.63) is 47.5 Å². The van der Waals surface area contributed by atoms with E-state index in [1.54, 1.807) is 24.3 Å². The minimum Gasteiger partial charge on any atom is -0.492 e. The minimum atomic E-state index is -0.312. The maximum atomic E-state index is 13.0. The number of ketones is 1. The van der Waals surface area contributed by atoms with Crippen LogP contribution in [0.25, 0.3) is 6.08 Å². The number of methoxy groups -OCH3 is 5. The number of carbonyl (C=O) groups excluding carboxylic acids is 1. The maximum absolute atomic E-state index is 13.0. The lowest BCUT2D eigenvalue weighted by molar-refractivity contribution is 0.0217. The van der Waals surface area contributed by atoms with Crippen LogP contribution in [0, 0.1) is 0 Å². The molecule has 34 heavy (non-hydrogen) atoms. The van der Waals surface area contributed by atoms with Crippen molar-refractivity contribution in [3.63, 3.8) is 0 Å². The smallest absolute Gasteiger partial charge is 0.206 e. The SMILES string of the molecule is COCOc1cccc(/C=C/C(=O)c2cc(OCOC)c(OCOC)c(OCOC)c2)c1OC. The van der Waals surface area contributed by atoms with Crippen LogP contribution in [0.1, 0.15) is 15.9 Å². The van der Waals surface area contributed by atoms with Gasteiger partial charge in [0.1, 0.15) is 0 Å². The summed E-state index contributed by atoms with van der Waals surface area (Å²) >= 11 is 0. The topological polar surface area (TPSA) is 100 Å². The summed E-state index contributed by atoms with van der Waals surface area (Å²) in [5.41, 5.74) is 0.945. The lowest BCUT2D eigenvalue weighted by Crippen LogP contribution is -2.09. The normalized spacial score (nSPS) is 10.9. The van der Waals surface area contributed by atoms with Gasteiger partial charge in [0.15, 0.2) is 56.0 Å². The molecule has 0 aliphatic heterocycles. The van der Waals surface area contributed by atoms with Crippen molar-refractivity contribution in [1.29, 1.82) is 0 Å². The Labute approximate surface area is 198 Å². The summed E-state index contributed by atoms with van der Waals surface area (Å²) in [6.07, 6.45) is 3.03. The minimum absolute atomic E-state index is 0.0544. The van der Waals surface area contributed by atoms with Crippen LogP contribution in [0.5, 0.6) is 28.7 Å². The number of allylic oxidation sites excluding steroid dienone is 1. The van der Waals surface area contributed by atoms with Crippen molar-refractivity contribution in [1.82, 2.24) is 0 Å². The fourth-order valence-corrected chi connectivity index (χ4v) is 2.82. The average Bonchev–Trinajstić information content (AvgIpc) is 2.86. The van der Waals surface area contributed by atoms with E-state index in [1.165, 1.54) is 53.8 Å². The zero-order valence-corrected chi connectivity index (χ0v) is 20.0. The van der Waals surface area contributed by atoms with Gasteiger partial charge in [0.25, 0.3) is 0 Å². The van der Waals surface area contributed by atoms with Crippen molar-refractivity contribution < 1.29 is 47.4 Å². The van der Waals surface area contributed by atoms with Gasteiger partial charge in [-0.05, 0) is 30.4 Å². The van der Waals surface area contributed by atoms with Crippen LogP contribution in [0.15, 0.2) is 36.4 Å². The van der Waals surface area contributed by atoms with Crippen LogP contribution in [-0.2, 0) is 18.9 Å². The standard InChI is InChI=1S/C24H30O10/c1-26-13-31-20-8-6-7-17(23(20)30-5)9-10-19(25)18-11-21(32-14-27-2)24(34-16-29-4)22(12-18)33-15-28-3/h6-12H,13-16H2,1-5H3/b10-9+. The van der Waals surface area contributed by atoms with Crippen molar-refractivity contribution in [2.24, 2.45) is 0 Å². The molecule has 186 valence electrons. The van der Waals surface area contributed by atoms with Gasteiger partial charge in [-0.2, -0.15) is 0 Å². The predicted molar refractivity (Wildman–Crippen MR) is 123 cm³/mol. The van der Waals surface area contributed by atoms with Crippen LogP contribution in [0.2, 0.25) is 0 Å². The Hall–Kier alpha value is -3.31. The lowest BCUT2D eigenvalue weighted by Gasteiger charge is -2.17. The molecule has 0 fully saturated rings. The van der Waals surface area contributed by atoms with E-state index in [-0.39, 0.29) is 50.2 Å². The van der Waals surface area contributed by atoms with Gasteiger partial charge in [0, 0.05) is 39.6 Å². The summed E-state index contributed by atoms with van der Waals surface area (Å²) in [6.45, 7) is -0.117. The molecule has 0 radical (unpaired) electrons. The van der Waals surface area contributed by atoms with Gasteiger partial charge in [-0.3, -0.25) is 4.79 Å². The molecule has 2 rings (SSSR count). The molecule has 0 aromatic heterocycles. The van der Waals surface area contributed by atoms with Crippen molar-refractivity contribution in [2.45, 2.75) is 0 Å². The van der Waals surface area contributed by atoms with Crippen molar-refractivity contribution in [3.8, 4) is 28.7 Å². The first-order chi connectivity index (χ1) is 16.6. The number of para-hydroxylation sites is 1. The summed E-state index contributed by atoms with van der Waals surface area (Å²) in [5, 5.41) is 0. The fourth-order valence-electron chi connectivity index (χ4n) is 2.82. The van der Waals surface area contributed by atoms with Gasteiger partial charge in [-0.1, -0.05) is 12.1 Å². The van der Waals surface area contributed by atoms with Gasteiger partial charge in [0.05, 0.1) is 7.11 Å².